The Morgan fingerprint density at radius 3 is 2.64 bits per heavy atom. The summed E-state index contributed by atoms with van der Waals surface area (Å²) < 4.78 is 0. The summed E-state index contributed by atoms with van der Waals surface area (Å²) in [6, 6.07) is 4.71. The molecular weight excluding hydrogens is 172 g/mol. The van der Waals surface area contributed by atoms with Crippen LogP contribution < -0.4 is 5.32 Å². The summed E-state index contributed by atoms with van der Waals surface area (Å²) >= 11 is 0. The molecule has 1 heterocycles. The third kappa shape index (κ3) is 3.36. The molecule has 1 N–H and O–H groups in total. The fourth-order valence-corrected chi connectivity index (χ4v) is 1.49. The Morgan fingerprint density at radius 2 is 2.14 bits per heavy atom. The summed E-state index contributed by atoms with van der Waals surface area (Å²) in [7, 11) is 0. The van der Waals surface area contributed by atoms with Crippen LogP contribution in [0.4, 0.5) is 5.82 Å². The highest BCUT2D eigenvalue weighted by atomic mass is 15.0. The summed E-state index contributed by atoms with van der Waals surface area (Å²) in [5.74, 6) is 0.996. The Hall–Kier alpha value is -1.05. The molecule has 0 saturated carbocycles. The van der Waals surface area contributed by atoms with Crippen LogP contribution in [0.15, 0.2) is 18.3 Å². The number of nitrogens with zero attached hydrogens (tertiary/aromatic N) is 1. The fraction of sp³-hybridized carbons (Fsp3) is 0.583. The van der Waals surface area contributed by atoms with Crippen molar-refractivity contribution in [2.45, 2.75) is 46.1 Å². The maximum Gasteiger partial charge on any atom is 0.126 e. The van der Waals surface area contributed by atoms with E-state index < -0.39 is 0 Å². The van der Waals surface area contributed by atoms with Crippen molar-refractivity contribution in [1.29, 1.82) is 0 Å². The van der Waals surface area contributed by atoms with Crippen molar-refractivity contribution < 1.29 is 0 Å². The molecule has 14 heavy (non-hydrogen) atoms. The minimum atomic E-state index is 0.565. The average molecular weight is 192 g/mol. The van der Waals surface area contributed by atoms with Gasteiger partial charge in [-0.15, -0.1) is 0 Å². The van der Waals surface area contributed by atoms with Crippen LogP contribution in [-0.4, -0.2) is 11.0 Å². The van der Waals surface area contributed by atoms with Gasteiger partial charge in [-0.3, -0.25) is 0 Å². The van der Waals surface area contributed by atoms with E-state index in [1.807, 2.05) is 12.3 Å². The van der Waals surface area contributed by atoms with Gasteiger partial charge >= 0.3 is 0 Å². The monoisotopic (exact) mass is 192 g/mol. The summed E-state index contributed by atoms with van der Waals surface area (Å²) in [6.45, 7) is 6.48. The second kappa shape index (κ2) is 5.63. The molecule has 0 fully saturated rings. The number of nitrogens with one attached hydrogen (secondary N) is 1. The molecule has 0 amide bonds. The molecule has 0 aromatic carbocycles. The number of hydrogen-bond acceptors (Lipinski definition) is 2. The van der Waals surface area contributed by atoms with Crippen LogP contribution in [-0.2, 0) is 0 Å². The van der Waals surface area contributed by atoms with Crippen LogP contribution in [0.1, 0.15) is 38.7 Å². The molecule has 1 unspecified atom stereocenters. The summed E-state index contributed by atoms with van der Waals surface area (Å²) in [4.78, 5) is 4.34. The lowest BCUT2D eigenvalue weighted by Crippen LogP contribution is -2.18. The number of anilines is 1. The molecule has 0 radical (unpaired) electrons. The van der Waals surface area contributed by atoms with Crippen LogP contribution in [0.25, 0.3) is 0 Å². The van der Waals surface area contributed by atoms with Crippen molar-refractivity contribution in [3.05, 3.63) is 23.9 Å². The Labute approximate surface area is 86.8 Å². The Balaban J connectivity index is 2.53. The van der Waals surface area contributed by atoms with Gasteiger partial charge in [0.2, 0.25) is 0 Å². The zero-order valence-electron chi connectivity index (χ0n) is 9.38. The zero-order chi connectivity index (χ0) is 10.4. The van der Waals surface area contributed by atoms with Gasteiger partial charge in [0.15, 0.2) is 0 Å². The van der Waals surface area contributed by atoms with Crippen molar-refractivity contribution in [2.24, 2.45) is 0 Å². The molecule has 1 aromatic heterocycles. The predicted octanol–water partition coefficient (Wildman–Crippen LogP) is 3.38. The lowest BCUT2D eigenvalue weighted by molar-refractivity contribution is 0.620. The Morgan fingerprint density at radius 1 is 1.36 bits per heavy atom. The second-order valence-electron chi connectivity index (χ2n) is 3.76. The van der Waals surface area contributed by atoms with E-state index >= 15 is 0 Å². The van der Waals surface area contributed by atoms with Gasteiger partial charge in [0.05, 0.1) is 0 Å². The molecule has 0 aliphatic heterocycles. The van der Waals surface area contributed by atoms with Crippen molar-refractivity contribution in [3.63, 3.8) is 0 Å². The highest BCUT2D eigenvalue weighted by molar-refractivity contribution is 5.36. The molecule has 2 heteroatoms. The van der Waals surface area contributed by atoms with Crippen LogP contribution in [0, 0.1) is 6.92 Å². The minimum absolute atomic E-state index is 0.565. The van der Waals surface area contributed by atoms with Gasteiger partial charge in [0.1, 0.15) is 5.82 Å². The van der Waals surface area contributed by atoms with Gasteiger partial charge in [-0.2, -0.15) is 0 Å². The number of aromatic nitrogens is 1. The van der Waals surface area contributed by atoms with Gasteiger partial charge in [0.25, 0.3) is 0 Å². The number of aryl methyl sites for hydroxylation is 1. The second-order valence-corrected chi connectivity index (χ2v) is 3.76. The highest BCUT2D eigenvalue weighted by Gasteiger charge is 2.04. The summed E-state index contributed by atoms with van der Waals surface area (Å²) in [6.07, 6.45) is 5.49. The third-order valence-corrected chi connectivity index (χ3v) is 2.39. The van der Waals surface area contributed by atoms with E-state index in [4.69, 9.17) is 0 Å². The molecule has 1 rings (SSSR count). The molecule has 0 aliphatic rings. The fourth-order valence-electron chi connectivity index (χ4n) is 1.49. The van der Waals surface area contributed by atoms with Crippen molar-refractivity contribution in [1.82, 2.24) is 4.98 Å². The number of rotatable bonds is 5. The van der Waals surface area contributed by atoms with E-state index in [-0.39, 0.29) is 0 Å². The van der Waals surface area contributed by atoms with Crippen molar-refractivity contribution in [2.75, 3.05) is 5.32 Å². The maximum atomic E-state index is 4.34. The lowest BCUT2D eigenvalue weighted by Gasteiger charge is -2.16. The van der Waals surface area contributed by atoms with Gasteiger partial charge < -0.3 is 5.32 Å². The zero-order valence-corrected chi connectivity index (χ0v) is 9.38. The number of pyridine rings is 1. The molecule has 1 atom stereocenters. The molecule has 2 nitrogen and oxygen atoms in total. The van der Waals surface area contributed by atoms with E-state index in [9.17, 15) is 0 Å². The van der Waals surface area contributed by atoms with Crippen molar-refractivity contribution >= 4 is 5.82 Å². The Bertz CT molecular complexity index is 254. The lowest BCUT2D eigenvalue weighted by atomic mass is 10.1. The van der Waals surface area contributed by atoms with E-state index in [1.165, 1.54) is 18.4 Å². The largest absolute Gasteiger partial charge is 0.367 e. The van der Waals surface area contributed by atoms with Crippen LogP contribution in [0.2, 0.25) is 0 Å². The normalized spacial score (nSPS) is 12.5. The van der Waals surface area contributed by atoms with E-state index in [1.54, 1.807) is 0 Å². The minimum Gasteiger partial charge on any atom is -0.367 e. The Kier molecular flexibility index (Phi) is 4.44. The first kappa shape index (κ1) is 11.0. The summed E-state index contributed by atoms with van der Waals surface area (Å²) in [5.41, 5.74) is 1.21. The van der Waals surface area contributed by atoms with Gasteiger partial charge in [-0.05, 0) is 31.4 Å². The topological polar surface area (TPSA) is 24.9 Å². The first-order valence-corrected chi connectivity index (χ1v) is 5.45. The first-order chi connectivity index (χ1) is 6.76. The quantitative estimate of drug-likeness (QED) is 0.773. The average Bonchev–Trinajstić information content (AvgIpc) is 2.20. The molecule has 0 saturated heterocycles. The van der Waals surface area contributed by atoms with Crippen molar-refractivity contribution in [3.8, 4) is 0 Å². The van der Waals surface area contributed by atoms with E-state index in [0.717, 1.165) is 12.2 Å². The molecule has 78 valence electrons. The third-order valence-electron chi connectivity index (χ3n) is 2.39. The van der Waals surface area contributed by atoms with Gasteiger partial charge in [-0.1, -0.05) is 26.3 Å². The summed E-state index contributed by atoms with van der Waals surface area (Å²) in [5, 5.41) is 3.45. The van der Waals surface area contributed by atoms with E-state index in [2.05, 4.69) is 37.1 Å². The van der Waals surface area contributed by atoms with Gasteiger partial charge in [0, 0.05) is 12.2 Å². The molecule has 0 bridgehead atoms. The molecular formula is C12H20N2. The van der Waals surface area contributed by atoms with Crippen LogP contribution >= 0.6 is 0 Å². The van der Waals surface area contributed by atoms with E-state index in [0.29, 0.717) is 6.04 Å². The standard InChI is InChI=1S/C12H20N2/c1-4-6-11(5-2)14-12-8-7-10(3)9-13-12/h7-9,11H,4-6H2,1-3H3,(H,13,14). The van der Waals surface area contributed by atoms with Crippen LogP contribution in [0.5, 0.6) is 0 Å². The SMILES string of the molecule is CCCC(CC)Nc1ccc(C)cn1. The highest BCUT2D eigenvalue weighted by Crippen LogP contribution is 2.10. The maximum absolute atomic E-state index is 4.34. The molecule has 0 spiro atoms. The predicted molar refractivity (Wildman–Crippen MR) is 61.6 cm³/mol. The number of hydrogen-bond donors (Lipinski definition) is 1. The van der Waals surface area contributed by atoms with Crippen LogP contribution in [0.3, 0.4) is 0 Å². The smallest absolute Gasteiger partial charge is 0.126 e. The van der Waals surface area contributed by atoms with Gasteiger partial charge in [-0.25, -0.2) is 4.98 Å². The molecule has 0 aliphatic carbocycles. The first-order valence-electron chi connectivity index (χ1n) is 5.45. The molecule has 1 aromatic rings.